The van der Waals surface area contributed by atoms with Gasteiger partial charge in [0.15, 0.2) is 9.84 Å². The topological polar surface area (TPSA) is 80.3 Å². The zero-order valence-electron chi connectivity index (χ0n) is 13.6. The number of hydrogen-bond donors (Lipinski definition) is 1. The van der Waals surface area contributed by atoms with Gasteiger partial charge < -0.3 is 0 Å². The monoisotopic (exact) mass is 423 g/mol. The quantitative estimate of drug-likeness (QED) is 0.742. The van der Waals surface area contributed by atoms with E-state index in [4.69, 9.17) is 11.6 Å². The Balaban J connectivity index is 2.48. The lowest BCUT2D eigenvalue weighted by atomic mass is 10.1. The van der Waals surface area contributed by atoms with Gasteiger partial charge in [0.1, 0.15) is 11.6 Å². The predicted molar refractivity (Wildman–Crippen MR) is 95.2 cm³/mol. The molecule has 0 heterocycles. The molecule has 2 rings (SSSR count). The molecule has 0 aliphatic rings. The third-order valence-electron chi connectivity index (χ3n) is 3.59. The van der Waals surface area contributed by atoms with Gasteiger partial charge in [0.2, 0.25) is 10.0 Å². The first-order chi connectivity index (χ1) is 12.0. The van der Waals surface area contributed by atoms with Crippen molar-refractivity contribution >= 4 is 31.5 Å². The Bertz CT molecular complexity index is 993. The van der Waals surface area contributed by atoms with Crippen molar-refractivity contribution in [2.75, 3.05) is 12.8 Å². The van der Waals surface area contributed by atoms with Crippen molar-refractivity contribution in [1.29, 1.82) is 0 Å². The third kappa shape index (κ3) is 5.23. The van der Waals surface area contributed by atoms with Crippen molar-refractivity contribution in [3.63, 3.8) is 0 Å². The molecule has 5 nitrogen and oxygen atoms in total. The van der Waals surface area contributed by atoms with Crippen LogP contribution in [-0.2, 0) is 19.9 Å². The fraction of sp³-hybridized carbons (Fsp3) is 0.250. The number of sulfone groups is 1. The first-order valence-corrected chi connectivity index (χ1v) is 11.2. The summed E-state index contributed by atoms with van der Waals surface area (Å²) in [6.45, 7) is -0.258. The third-order valence-corrected chi connectivity index (χ3v) is 6.74. The van der Waals surface area contributed by atoms with Crippen LogP contribution in [0.3, 0.4) is 0 Å². The highest BCUT2D eigenvalue weighted by atomic mass is 35.5. The highest BCUT2D eigenvalue weighted by Crippen LogP contribution is 2.34. The maximum absolute atomic E-state index is 14.2. The summed E-state index contributed by atoms with van der Waals surface area (Å²) in [5.41, 5.74) is -0.366. The summed E-state index contributed by atoms with van der Waals surface area (Å²) < 4.78 is 78.3. The minimum absolute atomic E-state index is 0.130. The van der Waals surface area contributed by atoms with Crippen LogP contribution in [-0.4, -0.2) is 29.6 Å². The molecule has 0 aromatic heterocycles. The summed E-state index contributed by atoms with van der Waals surface area (Å²) in [6, 6.07) is 7.74. The molecule has 1 N–H and O–H groups in total. The molecule has 0 amide bonds. The zero-order valence-corrected chi connectivity index (χ0v) is 16.0. The van der Waals surface area contributed by atoms with E-state index in [0.29, 0.717) is 5.02 Å². The summed E-state index contributed by atoms with van der Waals surface area (Å²) in [7, 11) is -7.69. The van der Waals surface area contributed by atoms with Crippen LogP contribution >= 0.6 is 11.6 Å². The Hall–Kier alpha value is -1.55. The number of nitrogens with one attached hydrogen (secondary N) is 1. The Morgan fingerprint density at radius 1 is 1.04 bits per heavy atom. The second kappa shape index (κ2) is 7.99. The van der Waals surface area contributed by atoms with Crippen LogP contribution in [0.25, 0.3) is 0 Å². The molecule has 0 saturated carbocycles. The van der Waals surface area contributed by atoms with Crippen LogP contribution in [0, 0.1) is 11.6 Å². The molecule has 142 valence electrons. The number of rotatable bonds is 7. The lowest BCUT2D eigenvalue weighted by Gasteiger charge is -2.19. The number of benzene rings is 2. The van der Waals surface area contributed by atoms with Gasteiger partial charge in [-0.05, 0) is 48.9 Å². The summed E-state index contributed by atoms with van der Waals surface area (Å²) in [6.07, 6.45) is 0.636. The van der Waals surface area contributed by atoms with Crippen molar-refractivity contribution in [2.24, 2.45) is 0 Å². The molecule has 0 aliphatic carbocycles. The summed E-state index contributed by atoms with van der Waals surface area (Å²) in [4.78, 5) is -0.130. The van der Waals surface area contributed by atoms with Gasteiger partial charge in [-0.3, -0.25) is 0 Å². The highest BCUT2D eigenvalue weighted by molar-refractivity contribution is 7.91. The van der Waals surface area contributed by atoms with E-state index in [0.717, 1.165) is 24.5 Å². The van der Waals surface area contributed by atoms with Crippen LogP contribution in [0.15, 0.2) is 47.4 Å². The zero-order chi connectivity index (χ0) is 19.5. The van der Waals surface area contributed by atoms with Gasteiger partial charge in [-0.15, -0.1) is 0 Å². The SMILES string of the molecule is CS(=O)(=O)NCCC(c1cc(F)ccc1F)S(=O)(=O)c1ccc(Cl)cc1. The second-order valence-electron chi connectivity index (χ2n) is 5.61. The molecule has 26 heavy (non-hydrogen) atoms. The van der Waals surface area contributed by atoms with E-state index in [1.54, 1.807) is 0 Å². The summed E-state index contributed by atoms with van der Waals surface area (Å²) in [5.74, 6) is -1.69. The van der Waals surface area contributed by atoms with E-state index in [1.165, 1.54) is 24.3 Å². The maximum Gasteiger partial charge on any atom is 0.208 e. The molecular formula is C16H16ClF2NO4S2. The predicted octanol–water partition coefficient (Wildman–Crippen LogP) is 3.07. The average Bonchev–Trinajstić information content (AvgIpc) is 2.53. The van der Waals surface area contributed by atoms with E-state index in [2.05, 4.69) is 4.72 Å². The van der Waals surface area contributed by atoms with Crippen molar-refractivity contribution < 1.29 is 25.6 Å². The number of sulfonamides is 1. The van der Waals surface area contributed by atoms with Crippen molar-refractivity contribution in [3.05, 3.63) is 64.7 Å². The molecule has 1 unspecified atom stereocenters. The van der Waals surface area contributed by atoms with Gasteiger partial charge >= 0.3 is 0 Å². The normalized spacial score (nSPS) is 13.5. The minimum atomic E-state index is -4.13. The smallest absolute Gasteiger partial charge is 0.208 e. The standard InChI is InChI=1S/C16H16ClF2NO4S2/c1-25(21,22)20-9-8-16(14-10-12(18)4-7-15(14)19)26(23,24)13-5-2-11(17)3-6-13/h2-7,10,16,20H,8-9H2,1H3. The van der Waals surface area contributed by atoms with Gasteiger partial charge in [0.05, 0.1) is 16.4 Å². The van der Waals surface area contributed by atoms with Crippen LogP contribution in [0.5, 0.6) is 0 Å². The fourth-order valence-electron chi connectivity index (χ4n) is 2.40. The van der Waals surface area contributed by atoms with Crippen LogP contribution in [0.4, 0.5) is 8.78 Å². The fourth-order valence-corrected chi connectivity index (χ4v) is 4.80. The van der Waals surface area contributed by atoms with Gasteiger partial charge in [0.25, 0.3) is 0 Å². The number of halogens is 3. The molecule has 1 atom stereocenters. The minimum Gasteiger partial charge on any atom is -0.223 e. The van der Waals surface area contributed by atoms with E-state index in [1.807, 2.05) is 0 Å². The van der Waals surface area contributed by atoms with Crippen LogP contribution in [0.1, 0.15) is 17.2 Å². The maximum atomic E-state index is 14.2. The molecule has 0 bridgehead atoms. The Labute approximate surface area is 156 Å². The van der Waals surface area contributed by atoms with Crippen molar-refractivity contribution in [2.45, 2.75) is 16.6 Å². The molecule has 2 aromatic rings. The van der Waals surface area contributed by atoms with Gasteiger partial charge in [0, 0.05) is 17.1 Å². The van der Waals surface area contributed by atoms with Crippen LogP contribution in [0.2, 0.25) is 5.02 Å². The first-order valence-electron chi connectivity index (χ1n) is 7.40. The van der Waals surface area contributed by atoms with Crippen molar-refractivity contribution in [3.8, 4) is 0 Å². The Morgan fingerprint density at radius 2 is 1.65 bits per heavy atom. The number of hydrogen-bond acceptors (Lipinski definition) is 4. The Morgan fingerprint density at radius 3 is 2.23 bits per heavy atom. The van der Waals surface area contributed by atoms with E-state index >= 15 is 0 Å². The van der Waals surface area contributed by atoms with E-state index in [9.17, 15) is 25.6 Å². The van der Waals surface area contributed by atoms with Crippen molar-refractivity contribution in [1.82, 2.24) is 4.72 Å². The average molecular weight is 424 g/mol. The molecule has 10 heteroatoms. The van der Waals surface area contributed by atoms with Gasteiger partial charge in [-0.1, -0.05) is 11.6 Å². The largest absolute Gasteiger partial charge is 0.223 e. The molecule has 0 radical (unpaired) electrons. The van der Waals surface area contributed by atoms with Gasteiger partial charge in [-0.2, -0.15) is 0 Å². The lowest BCUT2D eigenvalue weighted by Crippen LogP contribution is -2.26. The second-order valence-corrected chi connectivity index (χ2v) is 10.0. The van der Waals surface area contributed by atoms with Gasteiger partial charge in [-0.25, -0.2) is 30.3 Å². The molecule has 0 spiro atoms. The summed E-state index contributed by atoms with van der Waals surface area (Å²) >= 11 is 5.76. The highest BCUT2D eigenvalue weighted by Gasteiger charge is 2.31. The Kier molecular flexibility index (Phi) is 6.38. The molecule has 0 aliphatic heterocycles. The molecule has 0 saturated heterocycles. The lowest BCUT2D eigenvalue weighted by molar-refractivity contribution is 0.546. The van der Waals surface area contributed by atoms with E-state index in [-0.39, 0.29) is 23.4 Å². The molecule has 2 aromatic carbocycles. The molecular weight excluding hydrogens is 408 g/mol. The summed E-state index contributed by atoms with van der Waals surface area (Å²) in [5, 5.41) is -1.16. The molecule has 0 fully saturated rings. The van der Waals surface area contributed by atoms with Crippen LogP contribution < -0.4 is 4.72 Å². The first kappa shape index (κ1) is 20.8. The van der Waals surface area contributed by atoms with E-state index < -0.39 is 36.7 Å².